The average Bonchev–Trinajstić information content (AvgIpc) is 3.00. The molecule has 2 aromatic rings. The summed E-state index contributed by atoms with van der Waals surface area (Å²) in [5, 5.41) is 6.21. The van der Waals surface area contributed by atoms with Gasteiger partial charge in [-0.25, -0.2) is 0 Å². The number of nitroso groups, excluding NO2 is 1. The molecule has 4 rings (SSSR count). The maximum absolute atomic E-state index is 14.3. The number of aryl methyl sites for hydroxylation is 2. The minimum atomic E-state index is -0.189. The highest BCUT2D eigenvalue weighted by atomic mass is 16.5. The van der Waals surface area contributed by atoms with Gasteiger partial charge in [0.15, 0.2) is 0 Å². The normalized spacial score (nSPS) is 17.1. The fourth-order valence-electron chi connectivity index (χ4n) is 6.46. The average molecular weight is 602 g/mol. The van der Waals surface area contributed by atoms with Gasteiger partial charge in [0, 0.05) is 67.6 Å². The molecule has 1 aromatic carbocycles. The number of benzene rings is 1. The third-order valence-corrected chi connectivity index (χ3v) is 8.86. The Labute approximate surface area is 261 Å². The van der Waals surface area contributed by atoms with Gasteiger partial charge in [0.2, 0.25) is 0 Å². The number of carbonyl (C=O) groups is 1. The number of anilines is 1. The number of allylic oxidation sites excluding steroid dienone is 3. The quantitative estimate of drug-likeness (QED) is 0.222. The topological polar surface area (TPSA) is 107 Å². The van der Waals surface area contributed by atoms with Crippen molar-refractivity contribution in [1.82, 2.24) is 15.2 Å². The first-order chi connectivity index (χ1) is 21.2. The van der Waals surface area contributed by atoms with Crippen LogP contribution < -0.4 is 15.8 Å². The van der Waals surface area contributed by atoms with E-state index in [4.69, 9.17) is 4.74 Å². The molecule has 0 bridgehead atoms. The number of hydrogen-bond donors (Lipinski definition) is 2. The van der Waals surface area contributed by atoms with E-state index in [-0.39, 0.29) is 30.5 Å². The molecule has 2 heterocycles. The highest BCUT2D eigenvalue weighted by Crippen LogP contribution is 2.38. The van der Waals surface area contributed by atoms with Gasteiger partial charge in [-0.2, -0.15) is 4.91 Å². The summed E-state index contributed by atoms with van der Waals surface area (Å²) in [7, 11) is 0. The van der Waals surface area contributed by atoms with E-state index in [1.54, 1.807) is 4.90 Å². The second-order valence-corrected chi connectivity index (χ2v) is 11.9. The molecule has 1 saturated heterocycles. The number of nitrogens with zero attached hydrogens (tertiary/aromatic N) is 3. The van der Waals surface area contributed by atoms with Crippen LogP contribution in [0.4, 0.5) is 5.69 Å². The van der Waals surface area contributed by atoms with Crippen molar-refractivity contribution in [1.29, 1.82) is 0 Å². The van der Waals surface area contributed by atoms with Crippen LogP contribution in [0.1, 0.15) is 71.4 Å². The van der Waals surface area contributed by atoms with E-state index < -0.39 is 0 Å². The molecule has 1 atom stereocenters. The lowest BCUT2D eigenvalue weighted by atomic mass is 9.83. The number of aromatic amines is 1. The molecule has 0 radical (unpaired) electrons. The molecule has 2 aliphatic rings. The van der Waals surface area contributed by atoms with Crippen molar-refractivity contribution in [2.45, 2.75) is 66.5 Å². The standard InChI is InChI=1S/C35H47N5O4/c1-7-39(22-32-23(3)17-25(5)38-34(32)41)35(42)31-19-28(30-10-9-27(18-24(30)4)21-36-13-14-37-43)20-33(26(31)6)40(8-2)29-11-15-44-16-12-29/h7,9-10,17,19-20,24,29,36H,1,8,11-16,18,21-22H2,2-6H3,(H,38,41). The van der Waals surface area contributed by atoms with Crippen LogP contribution in [0, 0.1) is 31.6 Å². The zero-order valence-corrected chi connectivity index (χ0v) is 26.9. The number of pyridine rings is 1. The molecule has 0 saturated carbocycles. The molecular formula is C35H47N5O4. The fraction of sp³-hybridized carbons (Fsp3) is 0.486. The first-order valence-electron chi connectivity index (χ1n) is 15.7. The highest BCUT2D eigenvalue weighted by Gasteiger charge is 2.28. The Morgan fingerprint density at radius 1 is 1.18 bits per heavy atom. The summed E-state index contributed by atoms with van der Waals surface area (Å²) < 4.78 is 5.67. The summed E-state index contributed by atoms with van der Waals surface area (Å²) in [6, 6.07) is 6.50. The Bertz CT molecular complexity index is 1480. The van der Waals surface area contributed by atoms with Gasteiger partial charge in [-0.15, -0.1) is 0 Å². The molecule has 1 unspecified atom stereocenters. The lowest BCUT2D eigenvalue weighted by Gasteiger charge is -2.37. The number of H-pyrrole nitrogens is 1. The van der Waals surface area contributed by atoms with E-state index >= 15 is 0 Å². The molecule has 1 aliphatic heterocycles. The second-order valence-electron chi connectivity index (χ2n) is 11.9. The van der Waals surface area contributed by atoms with Crippen molar-refractivity contribution < 1.29 is 9.53 Å². The molecule has 9 heteroatoms. The Morgan fingerprint density at radius 3 is 2.57 bits per heavy atom. The third-order valence-electron chi connectivity index (χ3n) is 8.86. The Balaban J connectivity index is 1.76. The van der Waals surface area contributed by atoms with Gasteiger partial charge in [0.05, 0.1) is 13.1 Å². The van der Waals surface area contributed by atoms with Gasteiger partial charge in [-0.3, -0.25) is 9.59 Å². The van der Waals surface area contributed by atoms with Crippen LogP contribution in [-0.2, 0) is 11.3 Å². The first-order valence-corrected chi connectivity index (χ1v) is 15.7. The minimum absolute atomic E-state index is 0.137. The lowest BCUT2D eigenvalue weighted by molar-refractivity contribution is 0.0811. The van der Waals surface area contributed by atoms with E-state index in [1.807, 2.05) is 32.9 Å². The lowest BCUT2D eigenvalue weighted by Crippen LogP contribution is -2.40. The van der Waals surface area contributed by atoms with Gasteiger partial charge >= 0.3 is 0 Å². The number of hydrogen-bond acceptors (Lipinski definition) is 7. The van der Waals surface area contributed by atoms with Crippen LogP contribution in [-0.4, -0.2) is 61.2 Å². The molecule has 9 nitrogen and oxygen atoms in total. The minimum Gasteiger partial charge on any atom is -0.381 e. The van der Waals surface area contributed by atoms with Gasteiger partial charge in [0.1, 0.15) is 0 Å². The van der Waals surface area contributed by atoms with Crippen molar-refractivity contribution in [2.24, 2.45) is 11.1 Å². The van der Waals surface area contributed by atoms with Crippen LogP contribution in [0.15, 0.2) is 58.7 Å². The number of rotatable bonds is 13. The maximum atomic E-state index is 14.3. The van der Waals surface area contributed by atoms with Crippen molar-refractivity contribution >= 4 is 17.2 Å². The fourth-order valence-corrected chi connectivity index (χ4v) is 6.46. The van der Waals surface area contributed by atoms with Crippen molar-refractivity contribution in [3.8, 4) is 0 Å². The molecule has 236 valence electrons. The van der Waals surface area contributed by atoms with Crippen LogP contribution >= 0.6 is 0 Å². The van der Waals surface area contributed by atoms with E-state index in [9.17, 15) is 14.5 Å². The maximum Gasteiger partial charge on any atom is 0.258 e. The van der Waals surface area contributed by atoms with Crippen LogP contribution in [0.3, 0.4) is 0 Å². The number of amides is 1. The van der Waals surface area contributed by atoms with Crippen molar-refractivity contribution in [2.75, 3.05) is 44.3 Å². The largest absolute Gasteiger partial charge is 0.381 e. The molecule has 1 amide bonds. The van der Waals surface area contributed by atoms with Gasteiger partial charge in [0.25, 0.3) is 11.5 Å². The molecule has 1 fully saturated rings. The molecule has 2 N–H and O–H groups in total. The summed E-state index contributed by atoms with van der Waals surface area (Å²) in [5.74, 6) is 0.0539. The Kier molecular flexibility index (Phi) is 11.5. The van der Waals surface area contributed by atoms with Crippen molar-refractivity contribution in [3.05, 3.63) is 97.5 Å². The molecule has 1 aliphatic carbocycles. The van der Waals surface area contributed by atoms with E-state index in [0.717, 1.165) is 67.1 Å². The summed E-state index contributed by atoms with van der Waals surface area (Å²) in [6.07, 6.45) is 8.59. The highest BCUT2D eigenvalue weighted by molar-refractivity contribution is 5.99. The predicted octanol–water partition coefficient (Wildman–Crippen LogP) is 5.80. The summed E-state index contributed by atoms with van der Waals surface area (Å²) in [4.78, 5) is 44.4. The number of aromatic nitrogens is 1. The summed E-state index contributed by atoms with van der Waals surface area (Å²) in [6.45, 7) is 18.0. The number of carbonyl (C=O) groups excluding carboxylic acids is 1. The van der Waals surface area contributed by atoms with E-state index in [2.05, 4.69) is 59.0 Å². The van der Waals surface area contributed by atoms with E-state index in [1.165, 1.54) is 17.3 Å². The molecule has 0 spiro atoms. The first kappa shape index (κ1) is 33.1. The predicted molar refractivity (Wildman–Crippen MR) is 178 cm³/mol. The van der Waals surface area contributed by atoms with E-state index in [0.29, 0.717) is 30.3 Å². The van der Waals surface area contributed by atoms with Gasteiger partial charge in [-0.1, -0.05) is 36.4 Å². The number of nitrogens with one attached hydrogen (secondary N) is 2. The molecular weight excluding hydrogens is 554 g/mol. The second kappa shape index (κ2) is 15.3. The zero-order chi connectivity index (χ0) is 31.8. The Morgan fingerprint density at radius 2 is 1.93 bits per heavy atom. The smallest absolute Gasteiger partial charge is 0.258 e. The number of ether oxygens (including phenoxy) is 1. The monoisotopic (exact) mass is 601 g/mol. The summed E-state index contributed by atoms with van der Waals surface area (Å²) in [5.41, 5.74) is 8.04. The molecule has 44 heavy (non-hydrogen) atoms. The zero-order valence-electron chi connectivity index (χ0n) is 26.9. The summed E-state index contributed by atoms with van der Waals surface area (Å²) >= 11 is 0. The van der Waals surface area contributed by atoms with Crippen LogP contribution in [0.25, 0.3) is 5.57 Å². The SMILES string of the molecule is C=CN(Cc1c(C)cc(C)[nH]c1=O)C(=O)c1cc(C2=CC=C(CNCCN=O)CC2C)cc(N(CC)C2CCOCC2)c1C. The van der Waals surface area contributed by atoms with Crippen LogP contribution in [0.2, 0.25) is 0 Å². The van der Waals surface area contributed by atoms with Gasteiger partial charge < -0.3 is 24.8 Å². The van der Waals surface area contributed by atoms with Gasteiger partial charge in [-0.05, 0) is 93.3 Å². The molecule has 1 aromatic heterocycles. The van der Waals surface area contributed by atoms with Crippen molar-refractivity contribution in [3.63, 3.8) is 0 Å². The third kappa shape index (κ3) is 7.63. The Hall–Kier alpha value is -3.82. The van der Waals surface area contributed by atoms with Crippen LogP contribution in [0.5, 0.6) is 0 Å².